The van der Waals surface area contributed by atoms with E-state index in [1.54, 1.807) is 0 Å². The number of rotatable bonds is 4. The van der Waals surface area contributed by atoms with E-state index in [-0.39, 0.29) is 0 Å². The van der Waals surface area contributed by atoms with Gasteiger partial charge in [-0.1, -0.05) is 51.4 Å². The molecule has 0 aliphatic heterocycles. The maximum absolute atomic E-state index is 3.85. The lowest BCUT2D eigenvalue weighted by Crippen LogP contribution is -2.44. The van der Waals surface area contributed by atoms with E-state index in [0.717, 1.165) is 5.92 Å². The lowest BCUT2D eigenvalue weighted by molar-refractivity contribution is 0.240. The normalized spacial score (nSPS) is 26.8. The molecule has 0 aromatic heterocycles. The summed E-state index contributed by atoms with van der Waals surface area (Å²) in [6.45, 7) is 3.70. The number of hydrogen-bond acceptors (Lipinski definition) is 1. The summed E-state index contributed by atoms with van der Waals surface area (Å²) >= 11 is 0. The van der Waals surface area contributed by atoms with Gasteiger partial charge >= 0.3 is 0 Å². The van der Waals surface area contributed by atoms with Crippen LogP contribution in [0.1, 0.15) is 77.6 Å². The Hall–Kier alpha value is -0.0400. The maximum atomic E-state index is 3.85. The third-order valence-corrected chi connectivity index (χ3v) is 4.79. The van der Waals surface area contributed by atoms with Gasteiger partial charge in [0.25, 0.3) is 0 Å². The summed E-state index contributed by atoms with van der Waals surface area (Å²) < 4.78 is 0. The molecule has 16 heavy (non-hydrogen) atoms. The SMILES string of the molecule is CC1(NCCC2CCCCC2)CCCCC1. The predicted octanol–water partition coefficient (Wildman–Crippen LogP) is 4.27. The quantitative estimate of drug-likeness (QED) is 0.750. The Balaban J connectivity index is 1.62. The Morgan fingerprint density at radius 1 is 0.938 bits per heavy atom. The van der Waals surface area contributed by atoms with Crippen LogP contribution in [0.3, 0.4) is 0 Å². The van der Waals surface area contributed by atoms with E-state index in [2.05, 4.69) is 12.2 Å². The Morgan fingerprint density at radius 2 is 1.56 bits per heavy atom. The lowest BCUT2D eigenvalue weighted by Gasteiger charge is -2.35. The van der Waals surface area contributed by atoms with Gasteiger partial charge in [-0.2, -0.15) is 0 Å². The molecule has 0 radical (unpaired) electrons. The van der Waals surface area contributed by atoms with E-state index in [1.165, 1.54) is 77.2 Å². The van der Waals surface area contributed by atoms with Crippen molar-refractivity contribution in [2.24, 2.45) is 5.92 Å². The van der Waals surface area contributed by atoms with Crippen molar-refractivity contribution >= 4 is 0 Å². The standard InChI is InChI=1S/C15H29N/c1-15(11-6-3-7-12-15)16-13-10-14-8-4-2-5-9-14/h14,16H,2-13H2,1H3. The fourth-order valence-electron chi connectivity index (χ4n) is 3.56. The molecular weight excluding hydrogens is 194 g/mol. The van der Waals surface area contributed by atoms with Crippen LogP contribution >= 0.6 is 0 Å². The molecule has 0 aromatic carbocycles. The zero-order valence-corrected chi connectivity index (χ0v) is 11.1. The second-order valence-corrected chi connectivity index (χ2v) is 6.34. The zero-order chi connectivity index (χ0) is 11.3. The Labute approximate surface area is 101 Å². The number of hydrogen-bond donors (Lipinski definition) is 1. The first-order chi connectivity index (χ1) is 7.79. The van der Waals surface area contributed by atoms with Gasteiger partial charge in [0, 0.05) is 5.54 Å². The highest BCUT2D eigenvalue weighted by Crippen LogP contribution is 2.29. The smallest absolute Gasteiger partial charge is 0.0153 e. The summed E-state index contributed by atoms with van der Waals surface area (Å²) in [5.74, 6) is 1.04. The van der Waals surface area contributed by atoms with Crippen LogP contribution in [0.5, 0.6) is 0 Å². The molecular formula is C15H29N. The monoisotopic (exact) mass is 223 g/mol. The van der Waals surface area contributed by atoms with Gasteiger partial charge in [0.2, 0.25) is 0 Å². The third kappa shape index (κ3) is 3.76. The minimum Gasteiger partial charge on any atom is -0.312 e. The average molecular weight is 223 g/mol. The molecule has 0 aromatic rings. The summed E-state index contributed by atoms with van der Waals surface area (Å²) in [6.07, 6.45) is 16.0. The van der Waals surface area contributed by atoms with Gasteiger partial charge < -0.3 is 5.32 Å². The van der Waals surface area contributed by atoms with Gasteiger partial charge in [0.15, 0.2) is 0 Å². The van der Waals surface area contributed by atoms with E-state index in [9.17, 15) is 0 Å². The summed E-state index contributed by atoms with van der Waals surface area (Å²) in [5, 5.41) is 3.85. The van der Waals surface area contributed by atoms with Crippen molar-refractivity contribution in [3.63, 3.8) is 0 Å². The highest BCUT2D eigenvalue weighted by molar-refractivity contribution is 4.86. The van der Waals surface area contributed by atoms with Crippen molar-refractivity contribution in [3.05, 3.63) is 0 Å². The Morgan fingerprint density at radius 3 is 2.25 bits per heavy atom. The molecule has 1 N–H and O–H groups in total. The molecule has 0 bridgehead atoms. The fourth-order valence-corrected chi connectivity index (χ4v) is 3.56. The van der Waals surface area contributed by atoms with Crippen LogP contribution in [0, 0.1) is 5.92 Å². The summed E-state index contributed by atoms with van der Waals surface area (Å²) in [5.41, 5.74) is 0.479. The van der Waals surface area contributed by atoms with Crippen molar-refractivity contribution in [2.45, 2.75) is 83.1 Å². The molecule has 1 nitrogen and oxygen atoms in total. The maximum Gasteiger partial charge on any atom is 0.0153 e. The summed E-state index contributed by atoms with van der Waals surface area (Å²) in [6, 6.07) is 0. The van der Waals surface area contributed by atoms with Crippen LogP contribution in [-0.2, 0) is 0 Å². The van der Waals surface area contributed by atoms with Crippen molar-refractivity contribution < 1.29 is 0 Å². The average Bonchev–Trinajstić information content (AvgIpc) is 2.31. The van der Waals surface area contributed by atoms with Crippen LogP contribution in [0.15, 0.2) is 0 Å². The van der Waals surface area contributed by atoms with E-state index in [0.29, 0.717) is 5.54 Å². The van der Waals surface area contributed by atoms with Crippen molar-refractivity contribution in [1.82, 2.24) is 5.32 Å². The third-order valence-electron chi connectivity index (χ3n) is 4.79. The molecule has 0 spiro atoms. The molecule has 2 rings (SSSR count). The number of nitrogens with one attached hydrogen (secondary N) is 1. The van der Waals surface area contributed by atoms with Gasteiger partial charge in [-0.25, -0.2) is 0 Å². The topological polar surface area (TPSA) is 12.0 Å². The molecule has 0 heterocycles. The van der Waals surface area contributed by atoms with Gasteiger partial charge in [0.05, 0.1) is 0 Å². The van der Waals surface area contributed by atoms with Gasteiger partial charge in [-0.3, -0.25) is 0 Å². The molecule has 2 saturated carbocycles. The Kier molecular flexibility index (Phi) is 4.69. The second kappa shape index (κ2) is 6.05. The second-order valence-electron chi connectivity index (χ2n) is 6.34. The highest BCUT2D eigenvalue weighted by atomic mass is 15.0. The predicted molar refractivity (Wildman–Crippen MR) is 70.7 cm³/mol. The molecule has 2 aliphatic carbocycles. The van der Waals surface area contributed by atoms with Gasteiger partial charge in [-0.05, 0) is 38.6 Å². The van der Waals surface area contributed by atoms with E-state index in [4.69, 9.17) is 0 Å². The van der Waals surface area contributed by atoms with Crippen molar-refractivity contribution in [3.8, 4) is 0 Å². The van der Waals surface area contributed by atoms with E-state index in [1.807, 2.05) is 0 Å². The minimum atomic E-state index is 0.479. The van der Waals surface area contributed by atoms with Crippen LogP contribution in [0.4, 0.5) is 0 Å². The molecule has 0 unspecified atom stereocenters. The van der Waals surface area contributed by atoms with Crippen LogP contribution in [-0.4, -0.2) is 12.1 Å². The molecule has 94 valence electrons. The first-order valence-electron chi connectivity index (χ1n) is 7.54. The lowest BCUT2D eigenvalue weighted by atomic mass is 9.82. The van der Waals surface area contributed by atoms with Gasteiger partial charge in [-0.15, -0.1) is 0 Å². The minimum absolute atomic E-state index is 0.479. The molecule has 0 atom stereocenters. The zero-order valence-electron chi connectivity index (χ0n) is 11.1. The molecule has 2 aliphatic rings. The van der Waals surface area contributed by atoms with Crippen LogP contribution < -0.4 is 5.32 Å². The van der Waals surface area contributed by atoms with E-state index < -0.39 is 0 Å². The molecule has 1 heteroatoms. The van der Waals surface area contributed by atoms with Crippen LogP contribution in [0.25, 0.3) is 0 Å². The first-order valence-corrected chi connectivity index (χ1v) is 7.54. The summed E-state index contributed by atoms with van der Waals surface area (Å²) in [4.78, 5) is 0. The molecule has 2 fully saturated rings. The first kappa shape index (κ1) is 12.4. The summed E-state index contributed by atoms with van der Waals surface area (Å²) in [7, 11) is 0. The van der Waals surface area contributed by atoms with Crippen molar-refractivity contribution in [1.29, 1.82) is 0 Å². The van der Waals surface area contributed by atoms with E-state index >= 15 is 0 Å². The highest BCUT2D eigenvalue weighted by Gasteiger charge is 2.25. The van der Waals surface area contributed by atoms with Gasteiger partial charge in [0.1, 0.15) is 0 Å². The fraction of sp³-hybridized carbons (Fsp3) is 1.00. The molecule has 0 saturated heterocycles. The van der Waals surface area contributed by atoms with Crippen LogP contribution in [0.2, 0.25) is 0 Å². The van der Waals surface area contributed by atoms with Crippen molar-refractivity contribution in [2.75, 3.05) is 6.54 Å². The molecule has 0 amide bonds. The largest absolute Gasteiger partial charge is 0.312 e. The Bertz CT molecular complexity index is 188.